The van der Waals surface area contributed by atoms with Crippen LogP contribution in [0.2, 0.25) is 0 Å². The Morgan fingerprint density at radius 3 is 1.57 bits per heavy atom. The molecule has 6 aromatic carbocycles. The number of halogens is 3. The molecule has 0 fully saturated rings. The highest BCUT2D eigenvalue weighted by molar-refractivity contribution is 6.54. The molecular formula is C44H31F3N4O2. The number of aliphatic imine (C=N–C) groups is 2. The van der Waals surface area contributed by atoms with E-state index in [4.69, 9.17) is 24.4 Å². The zero-order valence-corrected chi connectivity index (χ0v) is 28.7. The number of imidazole rings is 1. The van der Waals surface area contributed by atoms with E-state index in [2.05, 4.69) is 0 Å². The third kappa shape index (κ3) is 5.76. The summed E-state index contributed by atoms with van der Waals surface area (Å²) in [6, 6.07) is 42.6. The number of benzene rings is 6. The number of methoxy groups -OCH3 is 2. The second kappa shape index (κ2) is 13.8. The van der Waals surface area contributed by atoms with Gasteiger partial charge in [-0.15, -0.1) is 0 Å². The van der Waals surface area contributed by atoms with Crippen LogP contribution in [0.3, 0.4) is 0 Å². The van der Waals surface area contributed by atoms with Gasteiger partial charge in [0.2, 0.25) is 0 Å². The van der Waals surface area contributed by atoms with Gasteiger partial charge in [0.25, 0.3) is 5.79 Å². The fourth-order valence-corrected chi connectivity index (χ4v) is 6.74. The topological polar surface area (TPSA) is 61.0 Å². The molecule has 260 valence electrons. The maximum atomic E-state index is 16.6. The van der Waals surface area contributed by atoms with E-state index in [0.717, 1.165) is 0 Å². The van der Waals surface area contributed by atoms with Crippen LogP contribution in [0.5, 0.6) is 11.5 Å². The summed E-state index contributed by atoms with van der Waals surface area (Å²) in [5.74, 6) is -2.91. The van der Waals surface area contributed by atoms with Crippen molar-refractivity contribution >= 4 is 11.4 Å². The molecule has 8 rings (SSSR count). The van der Waals surface area contributed by atoms with Gasteiger partial charge in [0, 0.05) is 22.3 Å². The molecule has 0 amide bonds. The Balaban J connectivity index is 1.60. The largest absolute Gasteiger partial charge is 0.493 e. The van der Waals surface area contributed by atoms with Crippen LogP contribution < -0.4 is 9.47 Å². The highest BCUT2D eigenvalue weighted by Crippen LogP contribution is 2.48. The lowest BCUT2D eigenvalue weighted by molar-refractivity contribution is 0.355. The van der Waals surface area contributed by atoms with Crippen LogP contribution in [0, 0.1) is 17.5 Å². The van der Waals surface area contributed by atoms with Gasteiger partial charge in [-0.25, -0.2) is 28.1 Å². The summed E-state index contributed by atoms with van der Waals surface area (Å²) in [7, 11) is 3.03. The normalized spacial score (nSPS) is 13.4. The zero-order valence-electron chi connectivity index (χ0n) is 28.7. The predicted molar refractivity (Wildman–Crippen MR) is 201 cm³/mol. The van der Waals surface area contributed by atoms with Gasteiger partial charge in [-0.3, -0.25) is 4.57 Å². The molecule has 9 heteroatoms. The molecule has 0 saturated heterocycles. The summed E-state index contributed by atoms with van der Waals surface area (Å²) >= 11 is 0. The zero-order chi connectivity index (χ0) is 36.5. The van der Waals surface area contributed by atoms with Gasteiger partial charge in [-0.05, 0) is 54.6 Å². The number of hydrogen-bond donors (Lipinski definition) is 0. The molecule has 0 N–H and O–H groups in total. The minimum atomic E-state index is -2.00. The third-order valence-corrected chi connectivity index (χ3v) is 9.18. The van der Waals surface area contributed by atoms with Crippen LogP contribution >= 0.6 is 0 Å². The van der Waals surface area contributed by atoms with Crippen molar-refractivity contribution in [1.82, 2.24) is 9.55 Å². The summed E-state index contributed by atoms with van der Waals surface area (Å²) in [6.45, 7) is 0. The predicted octanol–water partition coefficient (Wildman–Crippen LogP) is 9.97. The molecule has 0 atom stereocenters. The average molecular weight is 705 g/mol. The molecule has 2 heterocycles. The molecule has 0 bridgehead atoms. The van der Waals surface area contributed by atoms with E-state index in [9.17, 15) is 0 Å². The number of rotatable bonds is 9. The van der Waals surface area contributed by atoms with Crippen molar-refractivity contribution in [1.29, 1.82) is 0 Å². The Morgan fingerprint density at radius 1 is 0.509 bits per heavy atom. The number of nitrogens with zero attached hydrogens (tertiary/aromatic N) is 4. The van der Waals surface area contributed by atoms with Crippen molar-refractivity contribution in [2.75, 3.05) is 14.2 Å². The van der Waals surface area contributed by atoms with Crippen LogP contribution in [0.4, 0.5) is 13.2 Å². The first-order valence-corrected chi connectivity index (χ1v) is 16.8. The van der Waals surface area contributed by atoms with Crippen molar-refractivity contribution in [2.45, 2.75) is 5.79 Å². The summed E-state index contributed by atoms with van der Waals surface area (Å²) < 4.78 is 61.9. The van der Waals surface area contributed by atoms with E-state index in [1.807, 2.05) is 60.7 Å². The van der Waals surface area contributed by atoms with Gasteiger partial charge < -0.3 is 9.47 Å². The molecule has 1 aromatic heterocycles. The van der Waals surface area contributed by atoms with E-state index >= 15 is 13.2 Å². The van der Waals surface area contributed by atoms with Gasteiger partial charge in [0.1, 0.15) is 23.3 Å². The van der Waals surface area contributed by atoms with Gasteiger partial charge in [-0.1, -0.05) is 97.1 Å². The van der Waals surface area contributed by atoms with Crippen molar-refractivity contribution in [3.8, 4) is 45.4 Å². The van der Waals surface area contributed by atoms with Crippen LogP contribution in [0.1, 0.15) is 16.7 Å². The third-order valence-electron chi connectivity index (χ3n) is 9.18. The van der Waals surface area contributed by atoms with E-state index in [0.29, 0.717) is 39.6 Å². The Hall–Kier alpha value is -6.74. The second-order valence-corrected chi connectivity index (χ2v) is 12.3. The molecule has 0 unspecified atom stereocenters. The van der Waals surface area contributed by atoms with Crippen LogP contribution in [-0.4, -0.2) is 35.2 Å². The molecule has 53 heavy (non-hydrogen) atoms. The standard InChI is InChI=1S/C44H31F3N4O2/c1-52-37-26-25-30(27-38(37)53-2)41-42(31-19-9-12-22-34(31)45)51(43(48-41)32-20-10-13-23-35(32)46)44(33-21-11-14-24-36(33)47)49-39(28-15-5-3-6-16-28)40(50-44)29-17-7-4-8-18-29/h3-27H,1-2H3. The second-order valence-electron chi connectivity index (χ2n) is 12.3. The van der Waals surface area contributed by atoms with Crippen molar-refractivity contribution in [3.63, 3.8) is 0 Å². The SMILES string of the molecule is COc1ccc(-c2nc(-c3ccccc3F)n(C3(c4ccccc4F)N=C(c4ccccc4)C(c4ccccc4)=N3)c2-c2ccccc2F)cc1OC. The van der Waals surface area contributed by atoms with Crippen LogP contribution in [0.15, 0.2) is 162 Å². The molecule has 6 nitrogen and oxygen atoms in total. The molecule has 0 saturated carbocycles. The summed E-state index contributed by atoms with van der Waals surface area (Å²) in [4.78, 5) is 15.8. The van der Waals surface area contributed by atoms with Gasteiger partial charge >= 0.3 is 0 Å². The molecule has 0 radical (unpaired) electrons. The fourth-order valence-electron chi connectivity index (χ4n) is 6.74. The monoisotopic (exact) mass is 704 g/mol. The number of ether oxygens (including phenoxy) is 2. The minimum Gasteiger partial charge on any atom is -0.493 e. The van der Waals surface area contributed by atoms with Gasteiger partial charge in [0.15, 0.2) is 11.5 Å². The Bertz CT molecular complexity index is 2470. The van der Waals surface area contributed by atoms with Crippen LogP contribution in [-0.2, 0) is 5.79 Å². The van der Waals surface area contributed by atoms with E-state index < -0.39 is 23.2 Å². The van der Waals surface area contributed by atoms with Crippen molar-refractivity contribution in [3.05, 3.63) is 186 Å². The molecule has 1 aliphatic rings. The molecule has 0 spiro atoms. The number of hydrogen-bond acceptors (Lipinski definition) is 5. The summed E-state index contributed by atoms with van der Waals surface area (Å²) in [5.41, 5.74) is 3.53. The lowest BCUT2D eigenvalue weighted by atomic mass is 10.0. The fraction of sp³-hybridized carbons (Fsp3) is 0.0682. The van der Waals surface area contributed by atoms with Gasteiger partial charge in [0.05, 0.1) is 48.2 Å². The lowest BCUT2D eigenvalue weighted by Crippen LogP contribution is -2.32. The van der Waals surface area contributed by atoms with E-state index in [-0.39, 0.29) is 33.9 Å². The highest BCUT2D eigenvalue weighted by atomic mass is 19.1. The highest BCUT2D eigenvalue weighted by Gasteiger charge is 2.47. The molecule has 1 aliphatic heterocycles. The quantitative estimate of drug-likeness (QED) is 0.150. The summed E-state index contributed by atoms with van der Waals surface area (Å²) in [5, 5.41) is 0. The van der Waals surface area contributed by atoms with E-state index in [1.54, 1.807) is 77.4 Å². The van der Waals surface area contributed by atoms with Crippen molar-refractivity contribution in [2.24, 2.45) is 9.98 Å². The number of aromatic nitrogens is 2. The Kier molecular flexibility index (Phi) is 8.68. The van der Waals surface area contributed by atoms with Crippen molar-refractivity contribution < 1.29 is 22.6 Å². The molecule has 7 aromatic rings. The molecule has 0 aliphatic carbocycles. The summed E-state index contributed by atoms with van der Waals surface area (Å²) in [6.07, 6.45) is 0. The first kappa shape index (κ1) is 33.4. The smallest absolute Gasteiger partial charge is 0.264 e. The maximum absolute atomic E-state index is 16.6. The molecular weight excluding hydrogens is 674 g/mol. The average Bonchev–Trinajstić information content (AvgIpc) is 3.80. The first-order chi connectivity index (χ1) is 25.9. The van der Waals surface area contributed by atoms with Crippen LogP contribution in [0.25, 0.3) is 33.9 Å². The first-order valence-electron chi connectivity index (χ1n) is 16.8. The van der Waals surface area contributed by atoms with E-state index in [1.165, 1.54) is 32.4 Å². The Labute approximate surface area is 304 Å². The Morgan fingerprint density at radius 2 is 1.02 bits per heavy atom. The van der Waals surface area contributed by atoms with Gasteiger partial charge in [-0.2, -0.15) is 0 Å². The lowest BCUT2D eigenvalue weighted by Gasteiger charge is -2.30. The minimum absolute atomic E-state index is 0.0450. The maximum Gasteiger partial charge on any atom is 0.264 e.